The number of esters is 1. The van der Waals surface area contributed by atoms with Crippen molar-refractivity contribution >= 4 is 5.97 Å². The van der Waals surface area contributed by atoms with E-state index in [1.165, 1.54) is 32.8 Å². The van der Waals surface area contributed by atoms with Crippen LogP contribution in [0.5, 0.6) is 0 Å². The van der Waals surface area contributed by atoms with Crippen molar-refractivity contribution in [1.82, 2.24) is 10.2 Å². The smallest absolute Gasteiger partial charge is 0.341 e. The van der Waals surface area contributed by atoms with Crippen LogP contribution in [0.25, 0.3) is 0 Å². The third-order valence-corrected chi connectivity index (χ3v) is 4.18. The molecule has 0 radical (unpaired) electrons. The molecule has 0 amide bonds. The molecule has 2 aliphatic rings. The molecular weight excluding hydrogens is 256 g/mol. The number of furan rings is 1. The SMILES string of the molecule is COC(=O)c1ccoc1CN(CC1CCCN1)C1CC1. The molecule has 0 aromatic carbocycles. The van der Waals surface area contributed by atoms with Crippen LogP contribution in [-0.2, 0) is 11.3 Å². The summed E-state index contributed by atoms with van der Waals surface area (Å²) in [5, 5.41) is 3.53. The Morgan fingerprint density at radius 1 is 1.50 bits per heavy atom. The maximum atomic E-state index is 11.7. The molecule has 1 saturated carbocycles. The molecule has 1 saturated heterocycles. The van der Waals surface area contributed by atoms with E-state index in [9.17, 15) is 4.79 Å². The Kier molecular flexibility index (Phi) is 4.08. The number of nitrogens with one attached hydrogen (secondary N) is 1. The third kappa shape index (κ3) is 3.04. The van der Waals surface area contributed by atoms with Gasteiger partial charge in [0.15, 0.2) is 0 Å². The van der Waals surface area contributed by atoms with E-state index in [0.717, 1.165) is 18.8 Å². The summed E-state index contributed by atoms with van der Waals surface area (Å²) in [6, 6.07) is 2.92. The summed E-state index contributed by atoms with van der Waals surface area (Å²) in [4.78, 5) is 14.1. The molecule has 20 heavy (non-hydrogen) atoms. The van der Waals surface area contributed by atoms with E-state index in [4.69, 9.17) is 9.15 Å². The largest absolute Gasteiger partial charge is 0.467 e. The number of ether oxygens (including phenoxy) is 1. The molecule has 1 atom stereocenters. The lowest BCUT2D eigenvalue weighted by Crippen LogP contribution is -2.38. The van der Waals surface area contributed by atoms with Crippen LogP contribution in [0.3, 0.4) is 0 Å². The van der Waals surface area contributed by atoms with E-state index in [1.807, 2.05) is 0 Å². The van der Waals surface area contributed by atoms with Crippen molar-refractivity contribution in [1.29, 1.82) is 0 Å². The maximum Gasteiger partial charge on any atom is 0.341 e. The van der Waals surface area contributed by atoms with Gasteiger partial charge in [0.1, 0.15) is 11.3 Å². The summed E-state index contributed by atoms with van der Waals surface area (Å²) in [5.41, 5.74) is 0.553. The number of carbonyl (C=O) groups excluding carboxylic acids is 1. The van der Waals surface area contributed by atoms with E-state index >= 15 is 0 Å². The van der Waals surface area contributed by atoms with Crippen LogP contribution in [0.4, 0.5) is 0 Å². The number of nitrogens with zero attached hydrogens (tertiary/aromatic N) is 1. The first-order chi connectivity index (χ1) is 9.78. The van der Waals surface area contributed by atoms with Gasteiger partial charge in [-0.1, -0.05) is 0 Å². The standard InChI is InChI=1S/C15H22N2O3/c1-19-15(18)13-6-8-20-14(13)10-17(12-4-5-12)9-11-3-2-7-16-11/h6,8,11-12,16H,2-5,7,9-10H2,1H3. The molecule has 1 aromatic heterocycles. The molecule has 1 aromatic rings. The van der Waals surface area contributed by atoms with E-state index < -0.39 is 0 Å². The fraction of sp³-hybridized carbons (Fsp3) is 0.667. The minimum absolute atomic E-state index is 0.316. The molecule has 1 unspecified atom stereocenters. The molecule has 110 valence electrons. The van der Waals surface area contributed by atoms with Gasteiger partial charge in [-0.25, -0.2) is 4.79 Å². The van der Waals surface area contributed by atoms with Gasteiger partial charge in [0.05, 0.1) is 19.9 Å². The van der Waals surface area contributed by atoms with Gasteiger partial charge in [-0.2, -0.15) is 0 Å². The highest BCUT2D eigenvalue weighted by atomic mass is 16.5. The lowest BCUT2D eigenvalue weighted by molar-refractivity contribution is 0.0596. The van der Waals surface area contributed by atoms with Gasteiger partial charge in [0, 0.05) is 18.6 Å². The predicted octanol–water partition coefficient (Wildman–Crippen LogP) is 1.78. The maximum absolute atomic E-state index is 11.7. The van der Waals surface area contributed by atoms with Gasteiger partial charge in [-0.3, -0.25) is 4.90 Å². The summed E-state index contributed by atoms with van der Waals surface area (Å²) in [5.74, 6) is 0.408. The van der Waals surface area contributed by atoms with Crippen molar-refractivity contribution in [2.45, 2.75) is 44.3 Å². The minimum Gasteiger partial charge on any atom is -0.467 e. The Labute approximate surface area is 119 Å². The molecule has 0 spiro atoms. The first kappa shape index (κ1) is 13.6. The van der Waals surface area contributed by atoms with Crippen LogP contribution in [0, 0.1) is 0 Å². The number of carbonyl (C=O) groups is 1. The fourth-order valence-electron chi connectivity index (χ4n) is 2.92. The average molecular weight is 278 g/mol. The highest BCUT2D eigenvalue weighted by Gasteiger charge is 2.32. The monoisotopic (exact) mass is 278 g/mol. The Hall–Kier alpha value is -1.33. The van der Waals surface area contributed by atoms with Crippen molar-refractivity contribution in [3.63, 3.8) is 0 Å². The van der Waals surface area contributed by atoms with Crippen molar-refractivity contribution < 1.29 is 13.9 Å². The predicted molar refractivity (Wildman–Crippen MR) is 74.5 cm³/mol. The second kappa shape index (κ2) is 5.97. The van der Waals surface area contributed by atoms with Gasteiger partial charge in [0.2, 0.25) is 0 Å². The van der Waals surface area contributed by atoms with E-state index in [-0.39, 0.29) is 5.97 Å². The molecule has 5 heteroatoms. The molecular formula is C15H22N2O3. The lowest BCUT2D eigenvalue weighted by Gasteiger charge is -2.24. The Balaban J connectivity index is 1.66. The van der Waals surface area contributed by atoms with Crippen LogP contribution in [0.15, 0.2) is 16.7 Å². The van der Waals surface area contributed by atoms with Crippen LogP contribution < -0.4 is 5.32 Å². The van der Waals surface area contributed by atoms with Gasteiger partial charge in [-0.15, -0.1) is 0 Å². The number of methoxy groups -OCH3 is 1. The van der Waals surface area contributed by atoms with Crippen molar-refractivity contribution in [3.8, 4) is 0 Å². The molecule has 5 nitrogen and oxygen atoms in total. The summed E-state index contributed by atoms with van der Waals surface area (Å²) < 4.78 is 10.3. The molecule has 2 heterocycles. The zero-order valence-electron chi connectivity index (χ0n) is 11.9. The molecule has 1 aliphatic carbocycles. The average Bonchev–Trinajstić information content (AvgIpc) is 2.99. The van der Waals surface area contributed by atoms with Crippen LogP contribution >= 0.6 is 0 Å². The quantitative estimate of drug-likeness (QED) is 0.804. The highest BCUT2D eigenvalue weighted by molar-refractivity contribution is 5.90. The summed E-state index contributed by atoms with van der Waals surface area (Å²) >= 11 is 0. The molecule has 0 bridgehead atoms. The summed E-state index contributed by atoms with van der Waals surface area (Å²) in [6.07, 6.45) is 6.57. The first-order valence-corrected chi connectivity index (χ1v) is 7.40. The van der Waals surface area contributed by atoms with Crippen molar-refractivity contribution in [3.05, 3.63) is 23.7 Å². The minimum atomic E-state index is -0.316. The zero-order chi connectivity index (χ0) is 13.9. The first-order valence-electron chi connectivity index (χ1n) is 7.40. The highest BCUT2D eigenvalue weighted by Crippen LogP contribution is 2.30. The molecule has 1 N–H and O–H groups in total. The summed E-state index contributed by atoms with van der Waals surface area (Å²) in [6.45, 7) is 2.85. The fourth-order valence-corrected chi connectivity index (χ4v) is 2.92. The van der Waals surface area contributed by atoms with Crippen molar-refractivity contribution in [2.75, 3.05) is 20.2 Å². The third-order valence-electron chi connectivity index (χ3n) is 4.18. The van der Waals surface area contributed by atoms with Gasteiger partial charge in [-0.05, 0) is 38.3 Å². The molecule has 1 aliphatic heterocycles. The van der Waals surface area contributed by atoms with Crippen LogP contribution in [-0.4, -0.2) is 43.2 Å². The van der Waals surface area contributed by atoms with E-state index in [0.29, 0.717) is 24.2 Å². The Morgan fingerprint density at radius 3 is 3.00 bits per heavy atom. The van der Waals surface area contributed by atoms with Gasteiger partial charge in [0.25, 0.3) is 0 Å². The second-order valence-corrected chi connectivity index (χ2v) is 5.70. The number of rotatable bonds is 6. The lowest BCUT2D eigenvalue weighted by atomic mass is 10.2. The Morgan fingerprint density at radius 2 is 2.35 bits per heavy atom. The van der Waals surface area contributed by atoms with Crippen LogP contribution in [0.1, 0.15) is 41.8 Å². The Bertz CT molecular complexity index is 461. The zero-order valence-corrected chi connectivity index (χ0v) is 11.9. The number of hydrogen-bond donors (Lipinski definition) is 1. The molecule has 2 fully saturated rings. The topological polar surface area (TPSA) is 54.7 Å². The van der Waals surface area contributed by atoms with E-state index in [1.54, 1.807) is 12.3 Å². The number of hydrogen-bond acceptors (Lipinski definition) is 5. The van der Waals surface area contributed by atoms with Crippen LogP contribution in [0.2, 0.25) is 0 Å². The molecule has 3 rings (SSSR count). The van der Waals surface area contributed by atoms with E-state index in [2.05, 4.69) is 10.2 Å². The van der Waals surface area contributed by atoms with Gasteiger partial charge >= 0.3 is 5.97 Å². The second-order valence-electron chi connectivity index (χ2n) is 5.70. The summed E-state index contributed by atoms with van der Waals surface area (Å²) in [7, 11) is 1.40. The van der Waals surface area contributed by atoms with Gasteiger partial charge < -0.3 is 14.5 Å². The normalized spacial score (nSPS) is 22.4. The van der Waals surface area contributed by atoms with Crippen molar-refractivity contribution in [2.24, 2.45) is 0 Å².